The number of aryl methyl sites for hydroxylation is 1. The summed E-state index contributed by atoms with van der Waals surface area (Å²) in [5.41, 5.74) is 3.45. The highest BCUT2D eigenvalue weighted by Gasteiger charge is 2.24. The van der Waals surface area contributed by atoms with E-state index in [-0.39, 0.29) is 18.6 Å². The zero-order valence-electron chi connectivity index (χ0n) is 18.6. The number of amides is 1. The molecule has 0 bridgehead atoms. The molecule has 0 aromatic heterocycles. The first kappa shape index (κ1) is 22.2. The molecule has 5 nitrogen and oxygen atoms in total. The predicted molar refractivity (Wildman–Crippen MR) is 120 cm³/mol. The average Bonchev–Trinajstić information content (AvgIpc) is 3.27. The number of nitrogens with zero attached hydrogens (tertiary/aromatic N) is 1. The van der Waals surface area contributed by atoms with Crippen LogP contribution in [0.15, 0.2) is 42.5 Å². The van der Waals surface area contributed by atoms with E-state index in [0.717, 1.165) is 35.7 Å². The summed E-state index contributed by atoms with van der Waals surface area (Å²) in [5.74, 6) is 1.89. The molecule has 1 aliphatic rings. The summed E-state index contributed by atoms with van der Waals surface area (Å²) in [6.45, 7) is 9.01. The molecule has 162 valence electrons. The third-order valence-electron chi connectivity index (χ3n) is 5.72. The molecule has 1 N–H and O–H groups in total. The number of carbonyl (C=O) groups excluding carboxylic acids is 1. The van der Waals surface area contributed by atoms with Crippen molar-refractivity contribution in [1.29, 1.82) is 0 Å². The van der Waals surface area contributed by atoms with Gasteiger partial charge in [-0.1, -0.05) is 38.1 Å². The summed E-state index contributed by atoms with van der Waals surface area (Å²) in [6.07, 6.45) is 2.41. The van der Waals surface area contributed by atoms with Gasteiger partial charge in [0.25, 0.3) is 5.91 Å². The minimum atomic E-state index is -0.0936. The van der Waals surface area contributed by atoms with Crippen LogP contribution in [-0.4, -0.2) is 44.2 Å². The Hall–Kier alpha value is -2.53. The molecule has 0 aliphatic carbocycles. The third-order valence-corrected chi connectivity index (χ3v) is 5.72. The van der Waals surface area contributed by atoms with Gasteiger partial charge in [-0.15, -0.1) is 0 Å². The fraction of sp³-hybridized carbons (Fsp3) is 0.480. The van der Waals surface area contributed by atoms with Crippen LogP contribution in [0.25, 0.3) is 0 Å². The number of methoxy groups -OCH3 is 1. The highest BCUT2D eigenvalue weighted by atomic mass is 16.5. The van der Waals surface area contributed by atoms with Crippen LogP contribution in [0.2, 0.25) is 0 Å². The summed E-state index contributed by atoms with van der Waals surface area (Å²) in [4.78, 5) is 15.0. The predicted octanol–water partition coefficient (Wildman–Crippen LogP) is 4.46. The van der Waals surface area contributed by atoms with Crippen LogP contribution < -0.4 is 14.8 Å². The van der Waals surface area contributed by atoms with Crippen LogP contribution in [0.1, 0.15) is 55.3 Å². The van der Waals surface area contributed by atoms with Gasteiger partial charge in [-0.25, -0.2) is 0 Å². The summed E-state index contributed by atoms with van der Waals surface area (Å²) < 4.78 is 11.2. The summed E-state index contributed by atoms with van der Waals surface area (Å²) in [6, 6.07) is 14.5. The molecule has 1 saturated heterocycles. The van der Waals surface area contributed by atoms with E-state index in [1.54, 1.807) is 7.11 Å². The molecule has 0 spiro atoms. The lowest BCUT2D eigenvalue weighted by atomic mass is 10.0. The molecule has 30 heavy (non-hydrogen) atoms. The summed E-state index contributed by atoms with van der Waals surface area (Å²) in [5, 5.41) is 3.08. The van der Waals surface area contributed by atoms with Crippen LogP contribution in [-0.2, 0) is 4.79 Å². The van der Waals surface area contributed by atoms with E-state index < -0.39 is 0 Å². The molecule has 0 radical (unpaired) electrons. The SMILES string of the molecule is COc1ccc([C@H](CNC(=O)COc2cc(C)ccc2C(C)C)N2CCCC2)cc1. The maximum Gasteiger partial charge on any atom is 0.258 e. The van der Waals surface area contributed by atoms with Gasteiger partial charge in [-0.3, -0.25) is 9.69 Å². The quantitative estimate of drug-likeness (QED) is 0.663. The molecule has 1 fully saturated rings. The Morgan fingerprint density at radius 2 is 1.80 bits per heavy atom. The normalized spacial score (nSPS) is 15.2. The number of hydrogen-bond donors (Lipinski definition) is 1. The number of nitrogens with one attached hydrogen (secondary N) is 1. The van der Waals surface area contributed by atoms with Crippen LogP contribution in [0, 0.1) is 6.92 Å². The van der Waals surface area contributed by atoms with E-state index in [1.807, 2.05) is 25.1 Å². The van der Waals surface area contributed by atoms with Gasteiger partial charge < -0.3 is 14.8 Å². The van der Waals surface area contributed by atoms with Gasteiger partial charge in [-0.2, -0.15) is 0 Å². The number of ether oxygens (including phenoxy) is 2. The molecule has 1 atom stereocenters. The second kappa shape index (κ2) is 10.5. The lowest BCUT2D eigenvalue weighted by Crippen LogP contribution is -2.38. The first-order valence-electron chi connectivity index (χ1n) is 10.9. The Bertz CT molecular complexity index is 827. The van der Waals surface area contributed by atoms with Crippen molar-refractivity contribution in [2.24, 2.45) is 0 Å². The van der Waals surface area contributed by atoms with Gasteiger partial charge in [0.05, 0.1) is 13.2 Å². The van der Waals surface area contributed by atoms with E-state index >= 15 is 0 Å². The van der Waals surface area contributed by atoms with Crippen molar-refractivity contribution in [3.63, 3.8) is 0 Å². The topological polar surface area (TPSA) is 50.8 Å². The van der Waals surface area contributed by atoms with Crippen molar-refractivity contribution in [1.82, 2.24) is 10.2 Å². The Labute approximate surface area is 180 Å². The van der Waals surface area contributed by atoms with Gasteiger partial charge in [0.15, 0.2) is 6.61 Å². The van der Waals surface area contributed by atoms with Crippen LogP contribution in [0.4, 0.5) is 0 Å². The zero-order valence-corrected chi connectivity index (χ0v) is 18.6. The fourth-order valence-electron chi connectivity index (χ4n) is 3.99. The van der Waals surface area contributed by atoms with Crippen LogP contribution >= 0.6 is 0 Å². The number of likely N-dealkylation sites (tertiary alicyclic amines) is 1. The number of benzene rings is 2. The molecule has 5 heteroatoms. The van der Waals surface area contributed by atoms with Crippen molar-refractivity contribution < 1.29 is 14.3 Å². The Balaban J connectivity index is 1.61. The van der Waals surface area contributed by atoms with Crippen molar-refractivity contribution in [2.45, 2.75) is 45.6 Å². The fourth-order valence-corrected chi connectivity index (χ4v) is 3.99. The highest BCUT2D eigenvalue weighted by Crippen LogP contribution is 2.28. The van der Waals surface area contributed by atoms with Crippen molar-refractivity contribution in [3.8, 4) is 11.5 Å². The lowest BCUT2D eigenvalue weighted by molar-refractivity contribution is -0.123. The molecule has 0 saturated carbocycles. The lowest BCUT2D eigenvalue weighted by Gasteiger charge is -2.28. The zero-order chi connectivity index (χ0) is 21.5. The largest absolute Gasteiger partial charge is 0.497 e. The smallest absolute Gasteiger partial charge is 0.258 e. The van der Waals surface area contributed by atoms with Gasteiger partial charge >= 0.3 is 0 Å². The Kier molecular flexibility index (Phi) is 7.75. The van der Waals surface area contributed by atoms with Crippen molar-refractivity contribution in [3.05, 3.63) is 59.2 Å². The van der Waals surface area contributed by atoms with Crippen molar-refractivity contribution in [2.75, 3.05) is 33.4 Å². The number of hydrogen-bond acceptors (Lipinski definition) is 4. The molecule has 0 unspecified atom stereocenters. The first-order valence-corrected chi connectivity index (χ1v) is 10.9. The number of carbonyl (C=O) groups is 1. The maximum absolute atomic E-state index is 12.6. The molecule has 2 aromatic rings. The minimum Gasteiger partial charge on any atom is -0.497 e. The van der Waals surface area contributed by atoms with E-state index in [1.165, 1.54) is 18.4 Å². The third kappa shape index (κ3) is 5.76. The standard InChI is InChI=1S/C25H34N2O3/c1-18(2)22-12-7-19(3)15-24(22)30-17-25(28)26-16-23(27-13-5-6-14-27)20-8-10-21(29-4)11-9-20/h7-12,15,18,23H,5-6,13-14,16-17H2,1-4H3,(H,26,28)/t23-/m0/s1. The molecule has 1 heterocycles. The maximum atomic E-state index is 12.6. The number of rotatable bonds is 9. The Morgan fingerprint density at radius 3 is 2.43 bits per heavy atom. The minimum absolute atomic E-state index is 0.0263. The molecule has 3 rings (SSSR count). The van der Waals surface area contributed by atoms with Gasteiger partial charge in [-0.05, 0) is 73.7 Å². The first-order chi connectivity index (χ1) is 14.5. The molecular formula is C25H34N2O3. The summed E-state index contributed by atoms with van der Waals surface area (Å²) >= 11 is 0. The van der Waals surface area contributed by atoms with Gasteiger partial charge in [0.2, 0.25) is 0 Å². The second-order valence-electron chi connectivity index (χ2n) is 8.32. The van der Waals surface area contributed by atoms with Gasteiger partial charge in [0.1, 0.15) is 11.5 Å². The monoisotopic (exact) mass is 410 g/mol. The average molecular weight is 411 g/mol. The van der Waals surface area contributed by atoms with Crippen molar-refractivity contribution >= 4 is 5.91 Å². The molecule has 1 aliphatic heterocycles. The summed E-state index contributed by atoms with van der Waals surface area (Å²) in [7, 11) is 1.67. The van der Waals surface area contributed by atoms with E-state index in [9.17, 15) is 4.79 Å². The molecule has 1 amide bonds. The highest BCUT2D eigenvalue weighted by molar-refractivity contribution is 5.77. The van der Waals surface area contributed by atoms with Crippen LogP contribution in [0.5, 0.6) is 11.5 Å². The second-order valence-corrected chi connectivity index (χ2v) is 8.32. The van der Waals surface area contributed by atoms with E-state index in [4.69, 9.17) is 9.47 Å². The molecular weight excluding hydrogens is 376 g/mol. The Morgan fingerprint density at radius 1 is 1.10 bits per heavy atom. The van der Waals surface area contributed by atoms with E-state index in [2.05, 4.69) is 48.3 Å². The van der Waals surface area contributed by atoms with Gasteiger partial charge in [0, 0.05) is 6.54 Å². The van der Waals surface area contributed by atoms with Crippen LogP contribution in [0.3, 0.4) is 0 Å². The van der Waals surface area contributed by atoms with E-state index in [0.29, 0.717) is 12.5 Å². The molecule has 2 aromatic carbocycles.